The number of imidazole rings is 1. The Balaban J connectivity index is 1.71. The van der Waals surface area contributed by atoms with E-state index in [1.54, 1.807) is 6.07 Å². The SMILES string of the molecule is CC1CCCCC1C(Cn1ccnc1)OCc1ccc(Cl)cc1Cl. The van der Waals surface area contributed by atoms with E-state index in [0.717, 1.165) is 12.1 Å². The molecule has 0 bridgehead atoms. The first kappa shape index (κ1) is 17.8. The molecule has 0 amide bonds. The van der Waals surface area contributed by atoms with Crippen LogP contribution in [0.5, 0.6) is 0 Å². The monoisotopic (exact) mass is 366 g/mol. The summed E-state index contributed by atoms with van der Waals surface area (Å²) in [5.74, 6) is 1.26. The van der Waals surface area contributed by atoms with Crippen molar-refractivity contribution in [2.75, 3.05) is 0 Å². The van der Waals surface area contributed by atoms with E-state index in [1.165, 1.54) is 25.7 Å². The van der Waals surface area contributed by atoms with Crippen LogP contribution in [-0.4, -0.2) is 15.7 Å². The Morgan fingerprint density at radius 1 is 1.29 bits per heavy atom. The van der Waals surface area contributed by atoms with Gasteiger partial charge in [0.15, 0.2) is 0 Å². The van der Waals surface area contributed by atoms with Crippen LogP contribution in [0.15, 0.2) is 36.9 Å². The zero-order valence-corrected chi connectivity index (χ0v) is 15.5. The molecule has 1 fully saturated rings. The van der Waals surface area contributed by atoms with Crippen molar-refractivity contribution in [2.45, 2.75) is 51.9 Å². The molecule has 3 unspecified atom stereocenters. The maximum absolute atomic E-state index is 6.36. The number of halogens is 2. The van der Waals surface area contributed by atoms with Gasteiger partial charge in [-0.15, -0.1) is 0 Å². The van der Waals surface area contributed by atoms with Gasteiger partial charge in [0.25, 0.3) is 0 Å². The molecule has 0 radical (unpaired) electrons. The van der Waals surface area contributed by atoms with E-state index in [1.807, 2.05) is 30.9 Å². The van der Waals surface area contributed by atoms with Crippen LogP contribution in [0.3, 0.4) is 0 Å². The second-order valence-corrected chi connectivity index (χ2v) is 7.61. The summed E-state index contributed by atoms with van der Waals surface area (Å²) in [5, 5.41) is 1.32. The van der Waals surface area contributed by atoms with Gasteiger partial charge in [-0.1, -0.05) is 55.5 Å². The van der Waals surface area contributed by atoms with Crippen molar-refractivity contribution in [3.05, 3.63) is 52.5 Å². The minimum atomic E-state index is 0.168. The van der Waals surface area contributed by atoms with Gasteiger partial charge in [-0.05, 0) is 36.0 Å². The van der Waals surface area contributed by atoms with E-state index in [0.29, 0.717) is 28.5 Å². The molecule has 5 heteroatoms. The van der Waals surface area contributed by atoms with E-state index in [2.05, 4.69) is 16.5 Å². The zero-order valence-electron chi connectivity index (χ0n) is 14.0. The van der Waals surface area contributed by atoms with E-state index in [-0.39, 0.29) is 6.10 Å². The lowest BCUT2D eigenvalue weighted by molar-refractivity contribution is -0.0365. The Hall–Kier alpha value is -1.03. The number of hydrogen-bond donors (Lipinski definition) is 0. The molecular formula is C19H24Cl2N2O. The molecule has 1 saturated carbocycles. The summed E-state index contributed by atoms with van der Waals surface area (Å²) in [4.78, 5) is 4.15. The van der Waals surface area contributed by atoms with Gasteiger partial charge in [0.05, 0.1) is 25.6 Å². The molecule has 1 aliphatic carbocycles. The standard InChI is InChI=1S/C19H24Cl2N2O/c1-14-4-2-3-5-17(14)19(11-23-9-8-22-13-23)24-12-15-6-7-16(20)10-18(15)21/h6-10,13-14,17,19H,2-5,11-12H2,1H3. The molecule has 3 atom stereocenters. The van der Waals surface area contributed by atoms with Gasteiger partial charge in [0, 0.05) is 22.4 Å². The van der Waals surface area contributed by atoms with Crippen LogP contribution in [0.2, 0.25) is 10.0 Å². The summed E-state index contributed by atoms with van der Waals surface area (Å²) in [6.45, 7) is 3.70. The molecule has 0 aliphatic heterocycles. The lowest BCUT2D eigenvalue weighted by Crippen LogP contribution is -2.34. The molecule has 1 aromatic heterocycles. The minimum absolute atomic E-state index is 0.168. The van der Waals surface area contributed by atoms with Gasteiger partial charge >= 0.3 is 0 Å². The van der Waals surface area contributed by atoms with Crippen molar-refractivity contribution >= 4 is 23.2 Å². The van der Waals surface area contributed by atoms with Crippen molar-refractivity contribution < 1.29 is 4.74 Å². The Kier molecular flexibility index (Phi) is 6.20. The van der Waals surface area contributed by atoms with Gasteiger partial charge in [-0.2, -0.15) is 0 Å². The first-order valence-electron chi connectivity index (χ1n) is 8.65. The van der Waals surface area contributed by atoms with Crippen LogP contribution < -0.4 is 0 Å². The number of benzene rings is 1. The molecule has 24 heavy (non-hydrogen) atoms. The molecule has 1 aromatic carbocycles. The predicted molar refractivity (Wildman–Crippen MR) is 98.4 cm³/mol. The smallest absolute Gasteiger partial charge is 0.0946 e. The van der Waals surface area contributed by atoms with Gasteiger partial charge < -0.3 is 9.30 Å². The molecule has 3 nitrogen and oxygen atoms in total. The molecule has 0 saturated heterocycles. The van der Waals surface area contributed by atoms with Gasteiger partial charge in [0.2, 0.25) is 0 Å². The average Bonchev–Trinajstić information content (AvgIpc) is 3.06. The number of hydrogen-bond acceptors (Lipinski definition) is 2. The highest BCUT2D eigenvalue weighted by Gasteiger charge is 2.30. The number of nitrogens with zero attached hydrogens (tertiary/aromatic N) is 2. The van der Waals surface area contributed by atoms with Crippen LogP contribution in [0.4, 0.5) is 0 Å². The lowest BCUT2D eigenvalue weighted by Gasteiger charge is -2.35. The van der Waals surface area contributed by atoms with Gasteiger partial charge in [-0.3, -0.25) is 0 Å². The fourth-order valence-corrected chi connectivity index (χ4v) is 4.11. The number of rotatable bonds is 6. The normalized spacial score (nSPS) is 22.5. The van der Waals surface area contributed by atoms with E-state index >= 15 is 0 Å². The van der Waals surface area contributed by atoms with Crippen LogP contribution in [-0.2, 0) is 17.9 Å². The molecule has 3 rings (SSSR count). The summed E-state index contributed by atoms with van der Waals surface area (Å²) in [5.41, 5.74) is 0.986. The summed E-state index contributed by atoms with van der Waals surface area (Å²) in [6, 6.07) is 5.58. The third-order valence-electron chi connectivity index (χ3n) is 5.07. The topological polar surface area (TPSA) is 27.1 Å². The Labute approximate surface area is 153 Å². The van der Waals surface area contributed by atoms with Crippen molar-refractivity contribution in [1.82, 2.24) is 9.55 Å². The van der Waals surface area contributed by atoms with Crippen molar-refractivity contribution in [3.63, 3.8) is 0 Å². The first-order valence-corrected chi connectivity index (χ1v) is 9.40. The molecule has 0 N–H and O–H groups in total. The lowest BCUT2D eigenvalue weighted by atomic mass is 9.77. The molecule has 1 aliphatic rings. The fraction of sp³-hybridized carbons (Fsp3) is 0.526. The highest BCUT2D eigenvalue weighted by molar-refractivity contribution is 6.35. The third-order valence-corrected chi connectivity index (χ3v) is 5.66. The molecular weight excluding hydrogens is 343 g/mol. The van der Waals surface area contributed by atoms with Crippen LogP contribution >= 0.6 is 23.2 Å². The maximum Gasteiger partial charge on any atom is 0.0946 e. The van der Waals surface area contributed by atoms with Crippen LogP contribution in [0.25, 0.3) is 0 Å². The molecule has 130 valence electrons. The maximum atomic E-state index is 6.36. The highest BCUT2D eigenvalue weighted by Crippen LogP contribution is 2.34. The second-order valence-electron chi connectivity index (χ2n) is 6.77. The van der Waals surface area contributed by atoms with Crippen LogP contribution in [0.1, 0.15) is 38.2 Å². The van der Waals surface area contributed by atoms with Crippen molar-refractivity contribution in [1.29, 1.82) is 0 Å². The average molecular weight is 367 g/mol. The summed E-state index contributed by atoms with van der Waals surface area (Å²) in [7, 11) is 0. The first-order chi connectivity index (χ1) is 11.6. The van der Waals surface area contributed by atoms with Gasteiger partial charge in [-0.25, -0.2) is 4.98 Å². The fourth-order valence-electron chi connectivity index (χ4n) is 3.65. The van der Waals surface area contributed by atoms with Crippen LogP contribution in [0, 0.1) is 11.8 Å². The third kappa shape index (κ3) is 4.53. The largest absolute Gasteiger partial charge is 0.371 e. The van der Waals surface area contributed by atoms with Crippen molar-refractivity contribution in [3.8, 4) is 0 Å². The predicted octanol–water partition coefficient (Wildman–Crippen LogP) is 5.60. The van der Waals surface area contributed by atoms with Gasteiger partial charge in [0.1, 0.15) is 0 Å². The Morgan fingerprint density at radius 3 is 2.83 bits per heavy atom. The van der Waals surface area contributed by atoms with E-state index in [9.17, 15) is 0 Å². The highest BCUT2D eigenvalue weighted by atomic mass is 35.5. The zero-order chi connectivity index (χ0) is 16.9. The minimum Gasteiger partial charge on any atom is -0.371 e. The van der Waals surface area contributed by atoms with E-state index in [4.69, 9.17) is 27.9 Å². The Morgan fingerprint density at radius 2 is 2.12 bits per heavy atom. The Bertz CT molecular complexity index is 645. The second kappa shape index (κ2) is 8.37. The summed E-state index contributed by atoms with van der Waals surface area (Å²) in [6.07, 6.45) is 11.0. The van der Waals surface area contributed by atoms with Crippen molar-refractivity contribution in [2.24, 2.45) is 11.8 Å². The number of ether oxygens (including phenoxy) is 1. The van der Waals surface area contributed by atoms with E-state index < -0.39 is 0 Å². The molecule has 0 spiro atoms. The molecule has 1 heterocycles. The molecule has 2 aromatic rings. The number of aromatic nitrogens is 2. The quantitative estimate of drug-likeness (QED) is 0.664. The summed E-state index contributed by atoms with van der Waals surface area (Å²) < 4.78 is 8.46. The summed E-state index contributed by atoms with van der Waals surface area (Å²) >= 11 is 12.3.